The van der Waals surface area contributed by atoms with Crippen LogP contribution in [0, 0.1) is 0 Å². The van der Waals surface area contributed by atoms with Crippen molar-refractivity contribution in [1.29, 1.82) is 0 Å². The zero-order chi connectivity index (χ0) is 16.8. The SMILES string of the molecule is CCOc1c(OC)cc(CN(C)C2CCC(N)CC2)cc1OC.Cl. The first kappa shape index (κ1) is 20.9. The molecule has 0 spiro atoms. The van der Waals surface area contributed by atoms with Crippen molar-refractivity contribution in [2.45, 2.75) is 51.2 Å². The molecule has 0 saturated heterocycles. The van der Waals surface area contributed by atoms with E-state index >= 15 is 0 Å². The predicted octanol–water partition coefficient (Wildman–Crippen LogP) is 3.23. The Bertz CT molecular complexity index is 480. The van der Waals surface area contributed by atoms with Crippen LogP contribution in [0.5, 0.6) is 17.2 Å². The molecule has 1 aliphatic carbocycles. The lowest BCUT2D eigenvalue weighted by Gasteiger charge is -2.33. The monoisotopic (exact) mass is 358 g/mol. The largest absolute Gasteiger partial charge is 0.493 e. The van der Waals surface area contributed by atoms with Gasteiger partial charge in [-0.25, -0.2) is 0 Å². The van der Waals surface area contributed by atoms with E-state index in [9.17, 15) is 0 Å². The van der Waals surface area contributed by atoms with Gasteiger partial charge in [-0.2, -0.15) is 0 Å². The Balaban J connectivity index is 0.00000288. The molecular formula is C18H31ClN2O3. The number of nitrogens with zero attached hydrogens (tertiary/aromatic N) is 1. The predicted molar refractivity (Wildman–Crippen MR) is 99.7 cm³/mol. The Morgan fingerprint density at radius 3 is 2.08 bits per heavy atom. The third kappa shape index (κ3) is 5.16. The third-order valence-corrected chi connectivity index (χ3v) is 4.61. The molecule has 1 aromatic rings. The summed E-state index contributed by atoms with van der Waals surface area (Å²) >= 11 is 0. The maximum absolute atomic E-state index is 6.01. The molecule has 2 rings (SSSR count). The van der Waals surface area contributed by atoms with Crippen molar-refractivity contribution in [2.75, 3.05) is 27.9 Å². The minimum absolute atomic E-state index is 0. The Hall–Kier alpha value is -1.17. The highest BCUT2D eigenvalue weighted by Gasteiger charge is 2.23. The van der Waals surface area contributed by atoms with Gasteiger partial charge in [0.15, 0.2) is 11.5 Å². The van der Waals surface area contributed by atoms with Crippen LogP contribution in [-0.4, -0.2) is 44.9 Å². The second-order valence-corrected chi connectivity index (χ2v) is 6.25. The van der Waals surface area contributed by atoms with Gasteiger partial charge in [-0.15, -0.1) is 12.4 Å². The highest BCUT2D eigenvalue weighted by molar-refractivity contribution is 5.85. The minimum Gasteiger partial charge on any atom is -0.493 e. The van der Waals surface area contributed by atoms with Crippen LogP contribution in [0.15, 0.2) is 12.1 Å². The summed E-state index contributed by atoms with van der Waals surface area (Å²) in [4.78, 5) is 2.40. The summed E-state index contributed by atoms with van der Waals surface area (Å²) in [7, 11) is 5.50. The smallest absolute Gasteiger partial charge is 0.203 e. The van der Waals surface area contributed by atoms with Gasteiger partial charge in [-0.1, -0.05) is 0 Å². The number of nitrogens with two attached hydrogens (primary N) is 1. The normalized spacial score (nSPS) is 20.4. The van der Waals surface area contributed by atoms with Crippen molar-refractivity contribution in [3.05, 3.63) is 17.7 Å². The topological polar surface area (TPSA) is 57.0 Å². The van der Waals surface area contributed by atoms with Crippen LogP contribution in [0.3, 0.4) is 0 Å². The molecule has 1 fully saturated rings. The maximum Gasteiger partial charge on any atom is 0.203 e. The van der Waals surface area contributed by atoms with Crippen LogP contribution < -0.4 is 19.9 Å². The lowest BCUT2D eigenvalue weighted by molar-refractivity contribution is 0.176. The van der Waals surface area contributed by atoms with Gasteiger partial charge in [0.2, 0.25) is 5.75 Å². The van der Waals surface area contributed by atoms with E-state index < -0.39 is 0 Å². The third-order valence-electron chi connectivity index (χ3n) is 4.61. The molecule has 1 aliphatic rings. The number of halogens is 1. The molecule has 0 radical (unpaired) electrons. The van der Waals surface area contributed by atoms with Gasteiger partial charge in [0.1, 0.15) is 0 Å². The molecule has 0 amide bonds. The fourth-order valence-electron chi connectivity index (χ4n) is 3.27. The summed E-state index contributed by atoms with van der Waals surface area (Å²) in [6.45, 7) is 3.39. The molecular weight excluding hydrogens is 328 g/mol. The van der Waals surface area contributed by atoms with Gasteiger partial charge in [-0.05, 0) is 57.4 Å². The highest BCUT2D eigenvalue weighted by Crippen LogP contribution is 2.39. The Morgan fingerprint density at radius 1 is 1.08 bits per heavy atom. The Labute approximate surface area is 151 Å². The molecule has 2 N–H and O–H groups in total. The van der Waals surface area contributed by atoms with Crippen LogP contribution >= 0.6 is 12.4 Å². The lowest BCUT2D eigenvalue weighted by Crippen LogP contribution is -2.38. The van der Waals surface area contributed by atoms with Crippen LogP contribution in [0.25, 0.3) is 0 Å². The van der Waals surface area contributed by atoms with Crippen molar-refractivity contribution in [1.82, 2.24) is 4.90 Å². The van der Waals surface area contributed by atoms with Gasteiger partial charge in [-0.3, -0.25) is 4.90 Å². The molecule has 1 saturated carbocycles. The molecule has 6 heteroatoms. The Morgan fingerprint density at radius 2 is 1.62 bits per heavy atom. The molecule has 0 bridgehead atoms. The molecule has 0 aromatic heterocycles. The van der Waals surface area contributed by atoms with Gasteiger partial charge in [0.25, 0.3) is 0 Å². The van der Waals surface area contributed by atoms with E-state index in [0.717, 1.165) is 30.9 Å². The van der Waals surface area contributed by atoms with Crippen molar-refractivity contribution < 1.29 is 14.2 Å². The number of benzene rings is 1. The molecule has 1 aromatic carbocycles. The molecule has 24 heavy (non-hydrogen) atoms. The van der Waals surface area contributed by atoms with Crippen LogP contribution in [0.4, 0.5) is 0 Å². The minimum atomic E-state index is 0. The van der Waals surface area contributed by atoms with Crippen LogP contribution in [-0.2, 0) is 6.54 Å². The summed E-state index contributed by atoms with van der Waals surface area (Å²) < 4.78 is 16.6. The van der Waals surface area contributed by atoms with Crippen molar-refractivity contribution in [3.8, 4) is 17.2 Å². The first-order chi connectivity index (χ1) is 11.1. The quantitative estimate of drug-likeness (QED) is 0.811. The van der Waals surface area contributed by atoms with E-state index in [1.807, 2.05) is 19.1 Å². The number of ether oxygens (including phenoxy) is 3. The highest BCUT2D eigenvalue weighted by atomic mass is 35.5. The molecule has 0 atom stereocenters. The second-order valence-electron chi connectivity index (χ2n) is 6.25. The van der Waals surface area contributed by atoms with Gasteiger partial charge in [0.05, 0.1) is 20.8 Å². The summed E-state index contributed by atoms with van der Waals surface area (Å²) in [6, 6.07) is 5.06. The maximum atomic E-state index is 6.01. The molecule has 5 nitrogen and oxygen atoms in total. The second kappa shape index (κ2) is 9.97. The fraction of sp³-hybridized carbons (Fsp3) is 0.667. The number of hydrogen-bond acceptors (Lipinski definition) is 5. The van der Waals surface area contributed by atoms with Crippen LogP contribution in [0.1, 0.15) is 38.2 Å². The molecule has 0 heterocycles. The van der Waals surface area contributed by atoms with Gasteiger partial charge < -0.3 is 19.9 Å². The van der Waals surface area contributed by atoms with Crippen molar-refractivity contribution >= 4 is 12.4 Å². The molecule has 0 aliphatic heterocycles. The van der Waals surface area contributed by atoms with E-state index in [0.29, 0.717) is 24.4 Å². The van der Waals surface area contributed by atoms with E-state index in [4.69, 9.17) is 19.9 Å². The van der Waals surface area contributed by atoms with E-state index in [-0.39, 0.29) is 12.4 Å². The number of hydrogen-bond donors (Lipinski definition) is 1. The molecule has 0 unspecified atom stereocenters. The summed E-state index contributed by atoms with van der Waals surface area (Å²) in [5.74, 6) is 2.12. The fourth-order valence-corrected chi connectivity index (χ4v) is 3.27. The average Bonchev–Trinajstić information content (AvgIpc) is 2.56. The zero-order valence-electron chi connectivity index (χ0n) is 15.2. The Kier molecular flexibility index (Phi) is 8.67. The first-order valence-corrected chi connectivity index (χ1v) is 8.42. The molecule has 138 valence electrons. The zero-order valence-corrected chi connectivity index (χ0v) is 16.0. The number of methoxy groups -OCH3 is 2. The van der Waals surface area contributed by atoms with E-state index in [1.54, 1.807) is 14.2 Å². The van der Waals surface area contributed by atoms with E-state index in [1.165, 1.54) is 18.4 Å². The first-order valence-electron chi connectivity index (χ1n) is 8.42. The van der Waals surface area contributed by atoms with Crippen molar-refractivity contribution in [3.63, 3.8) is 0 Å². The van der Waals surface area contributed by atoms with E-state index in [2.05, 4.69) is 11.9 Å². The lowest BCUT2D eigenvalue weighted by atomic mass is 9.91. The average molecular weight is 359 g/mol. The summed E-state index contributed by atoms with van der Waals surface area (Å²) in [6.07, 6.45) is 4.57. The standard InChI is InChI=1S/C18H30N2O3.ClH/c1-5-23-18-16(21-3)10-13(11-17(18)22-4)12-20(2)15-8-6-14(19)7-9-15;/h10-11,14-15H,5-9,12,19H2,1-4H3;1H. The van der Waals surface area contributed by atoms with Crippen molar-refractivity contribution in [2.24, 2.45) is 5.73 Å². The van der Waals surface area contributed by atoms with Gasteiger partial charge >= 0.3 is 0 Å². The van der Waals surface area contributed by atoms with Gasteiger partial charge in [0, 0.05) is 18.6 Å². The summed E-state index contributed by atoms with van der Waals surface area (Å²) in [5.41, 5.74) is 7.17. The summed E-state index contributed by atoms with van der Waals surface area (Å²) in [5, 5.41) is 0. The van der Waals surface area contributed by atoms with Crippen LogP contribution in [0.2, 0.25) is 0 Å². The number of rotatable bonds is 7.